The maximum Gasteiger partial charge on any atom is 0.133 e. The van der Waals surface area contributed by atoms with E-state index in [4.69, 9.17) is 4.74 Å². The van der Waals surface area contributed by atoms with Crippen molar-refractivity contribution in [2.75, 3.05) is 31.0 Å². The Hall–Kier alpha value is -0.350. The number of halogens is 1. The predicted molar refractivity (Wildman–Crippen MR) is 67.6 cm³/mol. The van der Waals surface area contributed by atoms with Crippen molar-refractivity contribution >= 4 is 33.4 Å². The predicted octanol–water partition coefficient (Wildman–Crippen LogP) is 3.23. The molecule has 0 radical (unpaired) electrons. The third-order valence-electron chi connectivity index (χ3n) is 1.79. The number of thioether (sulfide) groups is 1. The maximum atomic E-state index is 5.15. The standard InChI is InChI=1S/C10H14BrNOS/c1-13-10-4-3-8(7-9(10)11)12-5-6-14-2/h3-4,7,12H,5-6H2,1-2H3. The summed E-state index contributed by atoms with van der Waals surface area (Å²) in [5.41, 5.74) is 1.12. The van der Waals surface area contributed by atoms with Crippen LogP contribution in [0.1, 0.15) is 0 Å². The summed E-state index contributed by atoms with van der Waals surface area (Å²) in [6, 6.07) is 5.99. The molecule has 14 heavy (non-hydrogen) atoms. The van der Waals surface area contributed by atoms with Crippen molar-refractivity contribution in [1.29, 1.82) is 0 Å². The van der Waals surface area contributed by atoms with Gasteiger partial charge >= 0.3 is 0 Å². The lowest BCUT2D eigenvalue weighted by molar-refractivity contribution is 0.412. The van der Waals surface area contributed by atoms with Gasteiger partial charge in [0.15, 0.2) is 0 Å². The molecule has 0 atom stereocenters. The zero-order valence-electron chi connectivity index (χ0n) is 8.34. The zero-order chi connectivity index (χ0) is 10.4. The fraction of sp³-hybridized carbons (Fsp3) is 0.400. The quantitative estimate of drug-likeness (QED) is 0.834. The molecule has 1 aromatic rings. The Morgan fingerprint density at radius 3 is 2.86 bits per heavy atom. The zero-order valence-corrected chi connectivity index (χ0v) is 10.7. The van der Waals surface area contributed by atoms with Crippen LogP contribution in [-0.4, -0.2) is 25.7 Å². The average Bonchev–Trinajstić information content (AvgIpc) is 2.18. The molecule has 0 spiro atoms. The van der Waals surface area contributed by atoms with Crippen LogP contribution in [0.4, 0.5) is 5.69 Å². The Kier molecular flexibility index (Phi) is 5.19. The molecule has 78 valence electrons. The summed E-state index contributed by atoms with van der Waals surface area (Å²) in [5.74, 6) is 1.98. The number of anilines is 1. The van der Waals surface area contributed by atoms with Gasteiger partial charge in [0.1, 0.15) is 5.75 Å². The molecule has 2 nitrogen and oxygen atoms in total. The van der Waals surface area contributed by atoms with Gasteiger partial charge < -0.3 is 10.1 Å². The monoisotopic (exact) mass is 275 g/mol. The topological polar surface area (TPSA) is 21.3 Å². The summed E-state index contributed by atoms with van der Waals surface area (Å²) in [5, 5.41) is 3.33. The summed E-state index contributed by atoms with van der Waals surface area (Å²) >= 11 is 5.28. The molecule has 0 unspecified atom stereocenters. The molecule has 0 fully saturated rings. The maximum absolute atomic E-state index is 5.15. The van der Waals surface area contributed by atoms with Crippen LogP contribution in [0.25, 0.3) is 0 Å². The molecule has 1 N–H and O–H groups in total. The molecule has 0 amide bonds. The first-order valence-corrected chi connectivity index (χ1v) is 6.53. The lowest BCUT2D eigenvalue weighted by Gasteiger charge is -2.08. The normalized spacial score (nSPS) is 9.93. The minimum Gasteiger partial charge on any atom is -0.496 e. The SMILES string of the molecule is COc1ccc(NCCSC)cc1Br. The lowest BCUT2D eigenvalue weighted by Crippen LogP contribution is -2.03. The van der Waals surface area contributed by atoms with E-state index in [0.29, 0.717) is 0 Å². The summed E-state index contributed by atoms with van der Waals surface area (Å²) in [4.78, 5) is 0. The van der Waals surface area contributed by atoms with Gasteiger partial charge in [0.05, 0.1) is 11.6 Å². The number of methoxy groups -OCH3 is 1. The second kappa shape index (κ2) is 6.19. The third kappa shape index (κ3) is 3.42. The van der Waals surface area contributed by atoms with E-state index in [-0.39, 0.29) is 0 Å². The van der Waals surface area contributed by atoms with Crippen LogP contribution < -0.4 is 10.1 Å². The summed E-state index contributed by atoms with van der Waals surface area (Å²) in [7, 11) is 1.67. The first-order valence-electron chi connectivity index (χ1n) is 4.34. The van der Waals surface area contributed by atoms with E-state index >= 15 is 0 Å². The van der Waals surface area contributed by atoms with Crippen LogP contribution in [-0.2, 0) is 0 Å². The highest BCUT2D eigenvalue weighted by Crippen LogP contribution is 2.27. The molecule has 0 saturated carbocycles. The van der Waals surface area contributed by atoms with E-state index in [2.05, 4.69) is 27.5 Å². The molecule has 0 saturated heterocycles. The van der Waals surface area contributed by atoms with E-state index in [0.717, 1.165) is 28.2 Å². The summed E-state index contributed by atoms with van der Waals surface area (Å²) in [6.07, 6.45) is 2.10. The van der Waals surface area contributed by atoms with E-state index in [1.807, 2.05) is 30.0 Å². The van der Waals surface area contributed by atoms with Crippen molar-refractivity contribution in [3.63, 3.8) is 0 Å². The van der Waals surface area contributed by atoms with Gasteiger partial charge in [-0.1, -0.05) is 0 Å². The highest BCUT2D eigenvalue weighted by atomic mass is 79.9. The number of hydrogen-bond donors (Lipinski definition) is 1. The summed E-state index contributed by atoms with van der Waals surface area (Å²) < 4.78 is 6.13. The van der Waals surface area contributed by atoms with E-state index in [1.54, 1.807) is 7.11 Å². The fourth-order valence-corrected chi connectivity index (χ4v) is 1.92. The molecule has 0 aliphatic rings. The first kappa shape index (κ1) is 11.7. The average molecular weight is 276 g/mol. The van der Waals surface area contributed by atoms with Gasteiger partial charge in [0.2, 0.25) is 0 Å². The highest BCUT2D eigenvalue weighted by Gasteiger charge is 2.00. The molecule has 1 aromatic carbocycles. The third-order valence-corrected chi connectivity index (χ3v) is 3.02. The number of nitrogens with one attached hydrogen (secondary N) is 1. The van der Waals surface area contributed by atoms with Gasteiger partial charge in [-0.25, -0.2) is 0 Å². The molecular weight excluding hydrogens is 262 g/mol. The van der Waals surface area contributed by atoms with Crippen molar-refractivity contribution in [1.82, 2.24) is 0 Å². The Labute approximate surface area is 97.5 Å². The van der Waals surface area contributed by atoms with Crippen LogP contribution in [0.15, 0.2) is 22.7 Å². The first-order chi connectivity index (χ1) is 6.77. The van der Waals surface area contributed by atoms with Gasteiger partial charge in [-0.15, -0.1) is 0 Å². The molecular formula is C10H14BrNOS. The van der Waals surface area contributed by atoms with Crippen molar-refractivity contribution in [3.05, 3.63) is 22.7 Å². The van der Waals surface area contributed by atoms with E-state index in [9.17, 15) is 0 Å². The Bertz CT molecular complexity index is 293. The number of hydrogen-bond acceptors (Lipinski definition) is 3. The molecule has 0 bridgehead atoms. The lowest BCUT2D eigenvalue weighted by atomic mass is 10.3. The van der Waals surface area contributed by atoms with Crippen molar-refractivity contribution in [3.8, 4) is 5.75 Å². The van der Waals surface area contributed by atoms with E-state index < -0.39 is 0 Å². The molecule has 0 aliphatic heterocycles. The fourth-order valence-electron chi connectivity index (χ4n) is 1.07. The van der Waals surface area contributed by atoms with Gasteiger partial charge in [-0.2, -0.15) is 11.8 Å². The minimum absolute atomic E-state index is 0.861. The number of ether oxygens (including phenoxy) is 1. The molecule has 4 heteroatoms. The van der Waals surface area contributed by atoms with Crippen molar-refractivity contribution in [2.24, 2.45) is 0 Å². The largest absolute Gasteiger partial charge is 0.496 e. The highest BCUT2D eigenvalue weighted by molar-refractivity contribution is 9.10. The smallest absolute Gasteiger partial charge is 0.133 e. The van der Waals surface area contributed by atoms with Gasteiger partial charge in [0, 0.05) is 18.0 Å². The number of benzene rings is 1. The second-order valence-corrected chi connectivity index (χ2v) is 4.61. The van der Waals surface area contributed by atoms with Crippen LogP contribution in [0.3, 0.4) is 0 Å². The Morgan fingerprint density at radius 1 is 1.50 bits per heavy atom. The van der Waals surface area contributed by atoms with Gasteiger partial charge in [-0.3, -0.25) is 0 Å². The molecule has 0 aromatic heterocycles. The Balaban J connectivity index is 2.57. The number of rotatable bonds is 5. The second-order valence-electron chi connectivity index (χ2n) is 2.77. The van der Waals surface area contributed by atoms with Gasteiger partial charge in [-0.05, 0) is 40.4 Å². The minimum atomic E-state index is 0.861. The van der Waals surface area contributed by atoms with Crippen molar-refractivity contribution < 1.29 is 4.74 Å². The van der Waals surface area contributed by atoms with E-state index in [1.165, 1.54) is 0 Å². The summed E-state index contributed by atoms with van der Waals surface area (Å²) in [6.45, 7) is 0.986. The molecule has 0 aliphatic carbocycles. The van der Waals surface area contributed by atoms with Crippen molar-refractivity contribution in [2.45, 2.75) is 0 Å². The molecule has 1 rings (SSSR count). The van der Waals surface area contributed by atoms with Crippen LogP contribution >= 0.6 is 27.7 Å². The molecule has 0 heterocycles. The van der Waals surface area contributed by atoms with Crippen LogP contribution in [0.5, 0.6) is 5.75 Å². The Morgan fingerprint density at radius 2 is 2.29 bits per heavy atom. The van der Waals surface area contributed by atoms with Crippen LogP contribution in [0, 0.1) is 0 Å². The van der Waals surface area contributed by atoms with Gasteiger partial charge in [0.25, 0.3) is 0 Å². The van der Waals surface area contributed by atoms with Crippen LogP contribution in [0.2, 0.25) is 0 Å².